The molecule has 0 radical (unpaired) electrons. The predicted molar refractivity (Wildman–Crippen MR) is 87.8 cm³/mol. The highest BCUT2D eigenvalue weighted by molar-refractivity contribution is 7.99. The van der Waals surface area contributed by atoms with Gasteiger partial charge in [-0.25, -0.2) is 13.8 Å². The van der Waals surface area contributed by atoms with Gasteiger partial charge in [0.05, 0.1) is 11.4 Å². The molecule has 0 aromatic heterocycles. The zero-order chi connectivity index (χ0) is 16.7. The summed E-state index contributed by atoms with van der Waals surface area (Å²) in [6.07, 6.45) is 0. The molecule has 0 saturated carbocycles. The maximum absolute atomic E-state index is 12.0. The molecule has 0 spiro atoms. The molecule has 1 atom stereocenters. The Morgan fingerprint density at radius 1 is 1.04 bits per heavy atom. The molecule has 1 unspecified atom stereocenters. The number of rotatable bonds is 8. The van der Waals surface area contributed by atoms with E-state index in [1.54, 1.807) is 42.5 Å². The standard InChI is InChI=1S/C14H15N3O4S2/c18-17(19)14(22-12-7-3-1-4-8-12)11-15-16-23(20,21)13-9-5-2-6-10-13/h1-10,14-16H,11H2. The third kappa shape index (κ3) is 5.32. The lowest BCUT2D eigenvalue weighted by atomic mass is 10.4. The SMILES string of the molecule is O=[N+]([O-])C(CNNS(=O)(=O)c1ccccc1)Sc1ccccc1. The molecule has 0 fully saturated rings. The molecular weight excluding hydrogens is 338 g/mol. The van der Waals surface area contributed by atoms with Crippen LogP contribution < -0.4 is 10.3 Å². The largest absolute Gasteiger partial charge is 0.276 e. The number of hydrazine groups is 1. The Morgan fingerprint density at radius 2 is 1.61 bits per heavy atom. The van der Waals surface area contributed by atoms with Crippen molar-refractivity contribution in [2.45, 2.75) is 15.2 Å². The molecule has 2 rings (SSSR count). The number of hydrogen-bond donors (Lipinski definition) is 2. The summed E-state index contributed by atoms with van der Waals surface area (Å²) < 4.78 is 24.0. The quantitative estimate of drug-likeness (QED) is 0.325. The van der Waals surface area contributed by atoms with Gasteiger partial charge < -0.3 is 0 Å². The van der Waals surface area contributed by atoms with Crippen molar-refractivity contribution in [3.05, 3.63) is 70.8 Å². The van der Waals surface area contributed by atoms with E-state index in [9.17, 15) is 18.5 Å². The Labute approximate surface area is 138 Å². The van der Waals surface area contributed by atoms with Crippen LogP contribution in [0.4, 0.5) is 0 Å². The van der Waals surface area contributed by atoms with E-state index in [1.807, 2.05) is 6.07 Å². The number of sulfonamides is 1. The minimum absolute atomic E-state index is 0.0841. The highest BCUT2D eigenvalue weighted by Gasteiger charge is 2.22. The van der Waals surface area contributed by atoms with Crippen molar-refractivity contribution in [2.24, 2.45) is 0 Å². The third-order valence-corrected chi connectivity index (χ3v) is 5.25. The Hall–Kier alpha value is -1.94. The van der Waals surface area contributed by atoms with E-state index >= 15 is 0 Å². The van der Waals surface area contributed by atoms with Gasteiger partial charge in [0, 0.05) is 9.82 Å². The fourth-order valence-corrected chi connectivity index (χ4v) is 3.49. The van der Waals surface area contributed by atoms with Crippen molar-refractivity contribution in [3.63, 3.8) is 0 Å². The number of nitrogens with zero attached hydrogens (tertiary/aromatic N) is 1. The molecule has 0 heterocycles. The molecule has 23 heavy (non-hydrogen) atoms. The number of nitrogens with one attached hydrogen (secondary N) is 2. The second-order valence-electron chi connectivity index (χ2n) is 4.47. The van der Waals surface area contributed by atoms with Crippen LogP contribution in [0.2, 0.25) is 0 Å². The molecule has 122 valence electrons. The monoisotopic (exact) mass is 353 g/mol. The van der Waals surface area contributed by atoms with Crippen LogP contribution in [0.25, 0.3) is 0 Å². The van der Waals surface area contributed by atoms with Crippen LogP contribution in [0.15, 0.2) is 70.5 Å². The second-order valence-corrected chi connectivity index (χ2v) is 7.40. The van der Waals surface area contributed by atoms with E-state index in [4.69, 9.17) is 0 Å². The molecule has 2 aromatic rings. The third-order valence-electron chi connectivity index (χ3n) is 2.79. The normalized spacial score (nSPS) is 12.7. The lowest BCUT2D eigenvalue weighted by Crippen LogP contribution is -2.42. The van der Waals surface area contributed by atoms with Gasteiger partial charge in [0.15, 0.2) is 0 Å². The van der Waals surface area contributed by atoms with Gasteiger partial charge in [0.1, 0.15) is 0 Å². The Balaban J connectivity index is 1.93. The van der Waals surface area contributed by atoms with Crippen molar-refractivity contribution >= 4 is 21.8 Å². The molecule has 0 bridgehead atoms. The summed E-state index contributed by atoms with van der Waals surface area (Å²) in [6.45, 7) is -0.154. The summed E-state index contributed by atoms with van der Waals surface area (Å²) in [5, 5.41) is 10.1. The van der Waals surface area contributed by atoms with Crippen LogP contribution in [0.3, 0.4) is 0 Å². The molecular formula is C14H15N3O4S2. The summed E-state index contributed by atoms with van der Waals surface area (Å²) in [7, 11) is -3.75. The lowest BCUT2D eigenvalue weighted by Gasteiger charge is -2.11. The second kappa shape index (κ2) is 8.06. The minimum atomic E-state index is -3.75. The van der Waals surface area contributed by atoms with Crippen LogP contribution in [-0.4, -0.2) is 25.3 Å². The van der Waals surface area contributed by atoms with Crippen LogP contribution in [0, 0.1) is 10.1 Å². The van der Waals surface area contributed by atoms with E-state index in [0.29, 0.717) is 0 Å². The topological polar surface area (TPSA) is 101 Å². The number of benzene rings is 2. The van der Waals surface area contributed by atoms with Crippen molar-refractivity contribution in [2.75, 3.05) is 6.54 Å². The van der Waals surface area contributed by atoms with E-state index < -0.39 is 20.3 Å². The first-order chi connectivity index (χ1) is 11.0. The summed E-state index contributed by atoms with van der Waals surface area (Å²) in [5.41, 5.74) is 2.43. The fourth-order valence-electron chi connectivity index (χ4n) is 1.70. The maximum atomic E-state index is 12.0. The van der Waals surface area contributed by atoms with Crippen molar-refractivity contribution < 1.29 is 13.3 Å². The molecule has 2 N–H and O–H groups in total. The van der Waals surface area contributed by atoms with Gasteiger partial charge in [-0.1, -0.05) is 36.4 Å². The molecule has 2 aromatic carbocycles. The first-order valence-electron chi connectivity index (χ1n) is 6.64. The molecule has 0 aliphatic carbocycles. The molecule has 0 aliphatic rings. The molecule has 0 amide bonds. The predicted octanol–water partition coefficient (Wildman–Crippen LogP) is 1.86. The van der Waals surface area contributed by atoms with Crippen molar-refractivity contribution in [1.82, 2.24) is 10.3 Å². The van der Waals surface area contributed by atoms with Gasteiger partial charge in [-0.15, -0.1) is 4.83 Å². The zero-order valence-electron chi connectivity index (χ0n) is 12.0. The number of thioether (sulfide) groups is 1. The number of nitro groups is 1. The molecule has 0 aliphatic heterocycles. The van der Waals surface area contributed by atoms with Crippen LogP contribution in [0.5, 0.6) is 0 Å². The minimum Gasteiger partial charge on any atom is -0.263 e. The van der Waals surface area contributed by atoms with E-state index in [0.717, 1.165) is 16.7 Å². The Bertz CT molecular complexity index is 739. The highest BCUT2D eigenvalue weighted by atomic mass is 32.2. The summed E-state index contributed by atoms with van der Waals surface area (Å²) >= 11 is 1.05. The molecule has 9 heteroatoms. The van der Waals surface area contributed by atoms with Gasteiger partial charge in [0.25, 0.3) is 15.4 Å². The Morgan fingerprint density at radius 3 is 2.17 bits per heavy atom. The van der Waals surface area contributed by atoms with E-state index in [-0.39, 0.29) is 11.4 Å². The highest BCUT2D eigenvalue weighted by Crippen LogP contribution is 2.22. The van der Waals surface area contributed by atoms with Crippen molar-refractivity contribution in [1.29, 1.82) is 0 Å². The maximum Gasteiger partial charge on any atom is 0.276 e. The fraction of sp³-hybridized carbons (Fsp3) is 0.143. The van der Waals surface area contributed by atoms with Gasteiger partial charge in [-0.3, -0.25) is 10.1 Å². The van der Waals surface area contributed by atoms with Crippen molar-refractivity contribution in [3.8, 4) is 0 Å². The molecule has 7 nitrogen and oxygen atoms in total. The molecule has 0 saturated heterocycles. The summed E-state index contributed by atoms with van der Waals surface area (Å²) in [5.74, 6) is 0. The van der Waals surface area contributed by atoms with Gasteiger partial charge in [0.2, 0.25) is 0 Å². The van der Waals surface area contributed by atoms with Gasteiger partial charge >= 0.3 is 0 Å². The lowest BCUT2D eigenvalue weighted by molar-refractivity contribution is -0.493. The number of hydrogen-bond acceptors (Lipinski definition) is 6. The average molecular weight is 353 g/mol. The Kier molecular flexibility index (Phi) is 6.11. The first-order valence-corrected chi connectivity index (χ1v) is 9.00. The summed E-state index contributed by atoms with van der Waals surface area (Å²) in [4.78, 5) is 13.6. The van der Waals surface area contributed by atoms with Crippen LogP contribution in [0.1, 0.15) is 0 Å². The van der Waals surface area contributed by atoms with E-state index in [2.05, 4.69) is 10.3 Å². The summed E-state index contributed by atoms with van der Waals surface area (Å²) in [6, 6.07) is 16.7. The van der Waals surface area contributed by atoms with E-state index in [1.165, 1.54) is 12.1 Å². The van der Waals surface area contributed by atoms with Gasteiger partial charge in [-0.2, -0.15) is 0 Å². The van der Waals surface area contributed by atoms with Gasteiger partial charge in [-0.05, 0) is 36.0 Å². The van der Waals surface area contributed by atoms with Crippen LogP contribution >= 0.6 is 11.8 Å². The smallest absolute Gasteiger partial charge is 0.263 e. The van der Waals surface area contributed by atoms with Crippen LogP contribution in [-0.2, 0) is 10.0 Å². The average Bonchev–Trinajstić information content (AvgIpc) is 2.55. The first kappa shape index (κ1) is 17.4. The zero-order valence-corrected chi connectivity index (χ0v) is 13.6.